The second kappa shape index (κ2) is 11.0. The van der Waals surface area contributed by atoms with Crippen molar-refractivity contribution in [3.8, 4) is 27.3 Å². The van der Waals surface area contributed by atoms with Crippen LogP contribution >= 0.6 is 34.5 Å². The van der Waals surface area contributed by atoms with Crippen LogP contribution in [0.4, 0.5) is 10.5 Å². The van der Waals surface area contributed by atoms with Crippen LogP contribution in [-0.2, 0) is 14.9 Å². The van der Waals surface area contributed by atoms with E-state index in [1.807, 2.05) is 54.6 Å². The number of Topliss-reactive ketones (excluding diaryl/α,β-unsaturated/α-hetero) is 1. The Morgan fingerprint density at radius 3 is 2.23 bits per heavy atom. The third-order valence-electron chi connectivity index (χ3n) is 7.20. The van der Waals surface area contributed by atoms with Crippen LogP contribution in [0.5, 0.6) is 5.75 Å². The van der Waals surface area contributed by atoms with Gasteiger partial charge in [-0.15, -0.1) is 11.3 Å². The molecule has 1 aromatic heterocycles. The van der Waals surface area contributed by atoms with E-state index in [1.165, 1.54) is 11.3 Å². The molecule has 1 aliphatic carbocycles. The van der Waals surface area contributed by atoms with Gasteiger partial charge < -0.3 is 9.47 Å². The van der Waals surface area contributed by atoms with Gasteiger partial charge in [-0.25, -0.2) is 4.79 Å². The number of anilines is 1. The van der Waals surface area contributed by atoms with Gasteiger partial charge in [0.25, 0.3) is 0 Å². The number of methoxy groups -OCH3 is 1. The van der Waals surface area contributed by atoms with Crippen molar-refractivity contribution < 1.29 is 19.1 Å². The van der Waals surface area contributed by atoms with Crippen molar-refractivity contribution in [2.45, 2.75) is 38.2 Å². The third kappa shape index (κ3) is 5.69. The summed E-state index contributed by atoms with van der Waals surface area (Å²) in [6.07, 6.45) is 0.770. The molecule has 0 spiro atoms. The highest BCUT2D eigenvalue weighted by Crippen LogP contribution is 2.49. The number of amides is 1. The minimum atomic E-state index is -0.587. The minimum Gasteiger partial charge on any atom is -0.496 e. The van der Waals surface area contributed by atoms with Crippen LogP contribution in [0.1, 0.15) is 43.9 Å². The van der Waals surface area contributed by atoms with Gasteiger partial charge in [-0.1, -0.05) is 71.7 Å². The fourth-order valence-corrected chi connectivity index (χ4v) is 6.08. The molecule has 1 saturated carbocycles. The number of hydrogen-bond acceptors (Lipinski definition) is 5. The number of nitrogens with one attached hydrogen (secondary N) is 1. The van der Waals surface area contributed by atoms with E-state index < -0.39 is 12.2 Å². The molecule has 1 aliphatic rings. The fourth-order valence-electron chi connectivity index (χ4n) is 4.78. The number of benzene rings is 3. The standard InChI is InChI=1S/C31H27Cl2NO4S/c1-18(20-6-11-24(32)12-7-20)38-30(36)34-26-17-28(33)39-29(26)22-8-13-25(27(16-22)37-3)21-4-9-23(10-5-21)31(14-15-31)19(2)35/h4-13,16-18H,14-15H2,1-3H3,(H,34,36)/t18-/m1/s1. The SMILES string of the molecule is COc1cc(-c2sc(Cl)cc2NC(=O)O[C@H](C)c2ccc(Cl)cc2)ccc1-c1ccc(C2(C(C)=O)CC2)cc1. The minimum absolute atomic E-state index is 0.222. The molecule has 8 heteroatoms. The fraction of sp³-hybridized carbons (Fsp3) is 0.226. The summed E-state index contributed by atoms with van der Waals surface area (Å²) in [6, 6.07) is 22.9. The quantitative estimate of drug-likeness (QED) is 0.226. The summed E-state index contributed by atoms with van der Waals surface area (Å²) in [7, 11) is 1.63. The van der Waals surface area contributed by atoms with E-state index in [9.17, 15) is 9.59 Å². The van der Waals surface area contributed by atoms with Crippen LogP contribution in [0, 0.1) is 0 Å². The Balaban J connectivity index is 1.36. The first-order valence-electron chi connectivity index (χ1n) is 12.5. The van der Waals surface area contributed by atoms with Gasteiger partial charge in [0.05, 0.1) is 27.4 Å². The number of ketones is 1. The molecule has 5 nitrogen and oxygen atoms in total. The van der Waals surface area contributed by atoms with E-state index in [-0.39, 0.29) is 11.2 Å². The lowest BCUT2D eigenvalue weighted by molar-refractivity contribution is -0.119. The van der Waals surface area contributed by atoms with Crippen molar-refractivity contribution in [2.75, 3.05) is 12.4 Å². The van der Waals surface area contributed by atoms with Crippen molar-refractivity contribution in [1.29, 1.82) is 0 Å². The Hall–Kier alpha value is -3.32. The first-order valence-corrected chi connectivity index (χ1v) is 14.1. The molecule has 4 aromatic rings. The van der Waals surface area contributed by atoms with E-state index in [2.05, 4.69) is 5.32 Å². The van der Waals surface area contributed by atoms with Gasteiger partial charge in [0, 0.05) is 10.6 Å². The number of carbonyl (C=O) groups excluding carboxylic acids is 2. The number of halogens is 2. The van der Waals surface area contributed by atoms with Gasteiger partial charge in [-0.3, -0.25) is 10.1 Å². The van der Waals surface area contributed by atoms with Gasteiger partial charge in [0.2, 0.25) is 0 Å². The molecule has 1 heterocycles. The first-order chi connectivity index (χ1) is 18.7. The number of rotatable bonds is 8. The Morgan fingerprint density at radius 2 is 1.62 bits per heavy atom. The zero-order chi connectivity index (χ0) is 27.7. The van der Waals surface area contributed by atoms with E-state index >= 15 is 0 Å². The van der Waals surface area contributed by atoms with E-state index in [0.717, 1.165) is 45.5 Å². The van der Waals surface area contributed by atoms with Crippen LogP contribution in [-0.4, -0.2) is 19.0 Å². The predicted octanol–water partition coefficient (Wildman–Crippen LogP) is 9.33. The molecule has 39 heavy (non-hydrogen) atoms. The maximum absolute atomic E-state index is 12.7. The molecule has 200 valence electrons. The molecular formula is C31H27Cl2NO4S. The maximum atomic E-state index is 12.7. The molecule has 1 fully saturated rings. The molecule has 0 aliphatic heterocycles. The Bertz CT molecular complexity index is 1530. The molecule has 5 rings (SSSR count). The van der Waals surface area contributed by atoms with Crippen molar-refractivity contribution in [1.82, 2.24) is 0 Å². The predicted molar refractivity (Wildman–Crippen MR) is 158 cm³/mol. The second-order valence-corrected chi connectivity index (χ2v) is 11.8. The average molecular weight is 581 g/mol. The lowest BCUT2D eigenvalue weighted by Crippen LogP contribution is -2.16. The van der Waals surface area contributed by atoms with Crippen LogP contribution in [0.2, 0.25) is 9.36 Å². The summed E-state index contributed by atoms with van der Waals surface area (Å²) in [5.41, 5.74) is 4.91. The number of hydrogen-bond donors (Lipinski definition) is 1. The van der Waals surface area contributed by atoms with Crippen LogP contribution in [0.15, 0.2) is 72.8 Å². The van der Waals surface area contributed by atoms with Crippen LogP contribution < -0.4 is 10.1 Å². The highest BCUT2D eigenvalue weighted by molar-refractivity contribution is 7.20. The first kappa shape index (κ1) is 27.3. The number of carbonyl (C=O) groups is 2. The molecule has 0 radical (unpaired) electrons. The normalized spacial score (nSPS) is 14.4. The summed E-state index contributed by atoms with van der Waals surface area (Å²) in [6.45, 7) is 3.47. The second-order valence-electron chi connectivity index (χ2n) is 9.65. The topological polar surface area (TPSA) is 64.6 Å². The Kier molecular flexibility index (Phi) is 7.72. The van der Waals surface area contributed by atoms with Gasteiger partial charge in [0.15, 0.2) is 0 Å². The Labute approximate surface area is 241 Å². The highest BCUT2D eigenvalue weighted by Gasteiger charge is 2.48. The molecule has 1 N–H and O–H groups in total. The number of thiophene rings is 1. The summed E-state index contributed by atoms with van der Waals surface area (Å²) in [5, 5.41) is 3.45. The van der Waals surface area contributed by atoms with Crippen molar-refractivity contribution in [2.24, 2.45) is 0 Å². The molecule has 0 unspecified atom stereocenters. The van der Waals surface area contributed by atoms with Gasteiger partial charge in [0.1, 0.15) is 17.6 Å². The van der Waals surface area contributed by atoms with Gasteiger partial charge >= 0.3 is 6.09 Å². The van der Waals surface area contributed by atoms with Crippen molar-refractivity contribution in [3.05, 3.63) is 93.3 Å². The van der Waals surface area contributed by atoms with E-state index in [1.54, 1.807) is 39.2 Å². The molecular weight excluding hydrogens is 553 g/mol. The zero-order valence-corrected chi connectivity index (χ0v) is 24.0. The van der Waals surface area contributed by atoms with Crippen LogP contribution in [0.25, 0.3) is 21.6 Å². The van der Waals surface area contributed by atoms with Crippen molar-refractivity contribution in [3.63, 3.8) is 0 Å². The molecule has 0 bridgehead atoms. The molecule has 0 saturated heterocycles. The van der Waals surface area contributed by atoms with Crippen LogP contribution in [0.3, 0.4) is 0 Å². The smallest absolute Gasteiger partial charge is 0.412 e. The zero-order valence-electron chi connectivity index (χ0n) is 21.7. The van der Waals surface area contributed by atoms with Crippen molar-refractivity contribution >= 4 is 52.1 Å². The van der Waals surface area contributed by atoms with E-state index in [0.29, 0.717) is 20.8 Å². The average Bonchev–Trinajstić information content (AvgIpc) is 3.66. The molecule has 1 amide bonds. The lowest BCUT2D eigenvalue weighted by Gasteiger charge is -2.16. The largest absolute Gasteiger partial charge is 0.496 e. The summed E-state index contributed by atoms with van der Waals surface area (Å²) < 4.78 is 11.9. The summed E-state index contributed by atoms with van der Waals surface area (Å²) >= 11 is 13.7. The maximum Gasteiger partial charge on any atom is 0.412 e. The highest BCUT2D eigenvalue weighted by atomic mass is 35.5. The summed E-state index contributed by atoms with van der Waals surface area (Å²) in [4.78, 5) is 25.6. The molecule has 3 aromatic carbocycles. The summed E-state index contributed by atoms with van der Waals surface area (Å²) in [5.74, 6) is 0.905. The van der Waals surface area contributed by atoms with Gasteiger partial charge in [-0.2, -0.15) is 0 Å². The third-order valence-corrected chi connectivity index (χ3v) is 8.76. The monoisotopic (exact) mass is 579 g/mol. The number of ether oxygens (including phenoxy) is 2. The Morgan fingerprint density at radius 1 is 0.949 bits per heavy atom. The van der Waals surface area contributed by atoms with E-state index in [4.69, 9.17) is 32.7 Å². The van der Waals surface area contributed by atoms with Gasteiger partial charge in [-0.05, 0) is 73.2 Å². The lowest BCUT2D eigenvalue weighted by atomic mass is 9.90. The molecule has 1 atom stereocenters.